The molecule has 3 aliphatic rings. The van der Waals surface area contributed by atoms with Crippen LogP contribution in [0.1, 0.15) is 57.1 Å². The van der Waals surface area contributed by atoms with Crippen molar-refractivity contribution in [1.29, 1.82) is 0 Å². The highest BCUT2D eigenvalue weighted by atomic mass is 19.1. The molecule has 2 aromatic rings. The van der Waals surface area contributed by atoms with Crippen LogP contribution in [0.25, 0.3) is 0 Å². The minimum atomic E-state index is -0.504. The second kappa shape index (κ2) is 12.6. The Labute approximate surface area is 246 Å². The maximum atomic E-state index is 14.8. The number of anilines is 1. The number of hydrogen-bond acceptors (Lipinski definition) is 6. The maximum absolute atomic E-state index is 14.8. The van der Waals surface area contributed by atoms with Gasteiger partial charge in [-0.2, -0.15) is 0 Å². The number of piperidine rings is 1. The van der Waals surface area contributed by atoms with E-state index in [-0.39, 0.29) is 36.4 Å². The lowest BCUT2D eigenvalue weighted by molar-refractivity contribution is -0.117. The molecule has 2 aliphatic heterocycles. The molecule has 2 saturated heterocycles. The normalized spacial score (nSPS) is 21.5. The van der Waals surface area contributed by atoms with E-state index in [9.17, 15) is 18.8 Å². The molecule has 0 bridgehead atoms. The molecule has 0 spiro atoms. The van der Waals surface area contributed by atoms with E-state index in [0.29, 0.717) is 43.5 Å². The molecule has 11 heteroatoms. The van der Waals surface area contributed by atoms with E-state index in [4.69, 9.17) is 4.74 Å². The van der Waals surface area contributed by atoms with Gasteiger partial charge < -0.3 is 25.2 Å². The highest BCUT2D eigenvalue weighted by molar-refractivity contribution is 5.95. The molecule has 1 aliphatic carbocycles. The fourth-order valence-electron chi connectivity index (χ4n) is 5.76. The molecule has 2 atom stereocenters. The van der Waals surface area contributed by atoms with Gasteiger partial charge >= 0.3 is 12.1 Å². The van der Waals surface area contributed by atoms with Crippen LogP contribution >= 0.6 is 0 Å². The van der Waals surface area contributed by atoms with Gasteiger partial charge in [-0.1, -0.05) is 12.1 Å². The Morgan fingerprint density at radius 1 is 1.02 bits per heavy atom. The van der Waals surface area contributed by atoms with Crippen LogP contribution in [0.3, 0.4) is 0 Å². The standard InChI is InChI=1S/C31H41FN6O4/c1-31(2,3)42-30(41)38-15-13-36(14-16-38)24-8-11-37(12-9-24)29(40)34-20-22-6-7-23(17-27(22)32)35-28(39)26-18-25(26)21-5-4-10-33-19-21/h4-7,10,17,19,24-26H,8-9,11-16,18,20H2,1-3H3,(H,34,40)(H,35,39). The van der Waals surface area contributed by atoms with E-state index in [2.05, 4.69) is 20.5 Å². The third-order valence-corrected chi connectivity index (χ3v) is 8.22. The Kier molecular flexibility index (Phi) is 8.96. The van der Waals surface area contributed by atoms with Gasteiger partial charge in [-0.05, 0) is 69.7 Å². The highest BCUT2D eigenvalue weighted by Crippen LogP contribution is 2.47. The largest absolute Gasteiger partial charge is 0.444 e. The van der Waals surface area contributed by atoms with Gasteiger partial charge in [0.15, 0.2) is 0 Å². The van der Waals surface area contributed by atoms with Gasteiger partial charge in [0.1, 0.15) is 11.4 Å². The number of ether oxygens (including phenoxy) is 1. The van der Waals surface area contributed by atoms with Crippen LogP contribution in [-0.4, -0.2) is 88.6 Å². The summed E-state index contributed by atoms with van der Waals surface area (Å²) in [6.45, 7) is 9.77. The summed E-state index contributed by atoms with van der Waals surface area (Å²) in [6.07, 6.45) is 5.68. The lowest BCUT2D eigenvalue weighted by Crippen LogP contribution is -2.55. The van der Waals surface area contributed by atoms with Gasteiger partial charge in [0.05, 0.1) is 0 Å². The van der Waals surface area contributed by atoms with E-state index in [1.54, 1.807) is 34.3 Å². The molecule has 2 N–H and O–H groups in total. The Hall–Kier alpha value is -3.73. The minimum Gasteiger partial charge on any atom is -0.444 e. The van der Waals surface area contributed by atoms with E-state index in [0.717, 1.165) is 37.9 Å². The van der Waals surface area contributed by atoms with Gasteiger partial charge in [-0.3, -0.25) is 14.7 Å². The molecule has 1 aromatic carbocycles. The van der Waals surface area contributed by atoms with E-state index >= 15 is 0 Å². The number of piperazine rings is 1. The number of benzene rings is 1. The van der Waals surface area contributed by atoms with Crippen LogP contribution in [0, 0.1) is 11.7 Å². The van der Waals surface area contributed by atoms with Gasteiger partial charge in [0, 0.05) is 81.4 Å². The van der Waals surface area contributed by atoms with Crippen molar-refractivity contribution in [1.82, 2.24) is 25.0 Å². The average molecular weight is 581 g/mol. The molecule has 2 unspecified atom stereocenters. The number of halogens is 1. The van der Waals surface area contributed by atoms with Crippen molar-refractivity contribution in [2.45, 2.75) is 64.1 Å². The number of pyridine rings is 1. The third-order valence-electron chi connectivity index (χ3n) is 8.22. The summed E-state index contributed by atoms with van der Waals surface area (Å²) in [4.78, 5) is 47.8. The molecule has 226 valence electrons. The number of amides is 4. The molecule has 10 nitrogen and oxygen atoms in total. The summed E-state index contributed by atoms with van der Waals surface area (Å²) >= 11 is 0. The minimum absolute atomic E-state index is 0.0666. The van der Waals surface area contributed by atoms with Crippen LogP contribution in [0.15, 0.2) is 42.7 Å². The molecule has 1 saturated carbocycles. The zero-order valence-corrected chi connectivity index (χ0v) is 24.6. The summed E-state index contributed by atoms with van der Waals surface area (Å²) in [5.74, 6) is -0.589. The number of carbonyl (C=O) groups is 3. The summed E-state index contributed by atoms with van der Waals surface area (Å²) in [7, 11) is 0. The van der Waals surface area contributed by atoms with Crippen molar-refractivity contribution >= 4 is 23.7 Å². The van der Waals surface area contributed by atoms with Gasteiger partial charge in [-0.15, -0.1) is 0 Å². The van der Waals surface area contributed by atoms with E-state index in [1.165, 1.54) is 6.07 Å². The van der Waals surface area contributed by atoms with Crippen molar-refractivity contribution < 1.29 is 23.5 Å². The maximum Gasteiger partial charge on any atom is 0.410 e. The Morgan fingerprint density at radius 2 is 1.76 bits per heavy atom. The number of urea groups is 1. The first-order chi connectivity index (χ1) is 20.1. The predicted octanol–water partition coefficient (Wildman–Crippen LogP) is 4.19. The van der Waals surface area contributed by atoms with Gasteiger partial charge in [0.25, 0.3) is 0 Å². The first-order valence-corrected chi connectivity index (χ1v) is 14.8. The number of nitrogens with zero attached hydrogens (tertiary/aromatic N) is 4. The smallest absolute Gasteiger partial charge is 0.410 e. The number of aromatic nitrogens is 1. The SMILES string of the molecule is CC(C)(C)OC(=O)N1CCN(C2CCN(C(=O)NCc3ccc(NC(=O)C4CC4c4cccnc4)cc3F)CC2)CC1. The van der Waals surface area contributed by atoms with Crippen molar-refractivity contribution in [2.24, 2.45) is 5.92 Å². The number of nitrogens with one attached hydrogen (secondary N) is 2. The second-order valence-corrected chi connectivity index (χ2v) is 12.4. The third kappa shape index (κ3) is 7.56. The molecule has 0 radical (unpaired) electrons. The molecule has 3 fully saturated rings. The zero-order valence-electron chi connectivity index (χ0n) is 24.6. The highest BCUT2D eigenvalue weighted by Gasteiger charge is 2.44. The molecule has 1 aromatic heterocycles. The van der Waals surface area contributed by atoms with Crippen LogP contribution in [0.5, 0.6) is 0 Å². The van der Waals surface area contributed by atoms with Crippen LogP contribution in [0.4, 0.5) is 19.7 Å². The zero-order chi connectivity index (χ0) is 29.9. The summed E-state index contributed by atoms with van der Waals surface area (Å²) < 4.78 is 20.3. The molecular formula is C31H41FN6O4. The number of likely N-dealkylation sites (tertiary alicyclic amines) is 1. The van der Waals surface area contributed by atoms with Gasteiger partial charge in [0.2, 0.25) is 5.91 Å². The first-order valence-electron chi connectivity index (χ1n) is 14.8. The fraction of sp³-hybridized carbons (Fsp3) is 0.548. The topological polar surface area (TPSA) is 107 Å². The number of rotatable bonds is 6. The van der Waals surface area contributed by atoms with Crippen LogP contribution in [-0.2, 0) is 16.1 Å². The molecule has 5 rings (SSSR count). The first kappa shape index (κ1) is 29.8. The Bertz CT molecular complexity index is 1270. The second-order valence-electron chi connectivity index (χ2n) is 12.4. The lowest BCUT2D eigenvalue weighted by Gasteiger charge is -2.42. The quantitative estimate of drug-likeness (QED) is 0.531. The van der Waals surface area contributed by atoms with Crippen molar-refractivity contribution in [2.75, 3.05) is 44.6 Å². The predicted molar refractivity (Wildman–Crippen MR) is 156 cm³/mol. The van der Waals surface area contributed by atoms with Crippen molar-refractivity contribution in [3.05, 3.63) is 59.7 Å². The van der Waals surface area contributed by atoms with Crippen LogP contribution in [0.2, 0.25) is 0 Å². The summed E-state index contributed by atoms with van der Waals surface area (Å²) in [5.41, 5.74) is 1.30. The fourth-order valence-corrected chi connectivity index (χ4v) is 5.76. The van der Waals surface area contributed by atoms with E-state index < -0.39 is 11.4 Å². The molecular weight excluding hydrogens is 539 g/mol. The Morgan fingerprint density at radius 3 is 2.40 bits per heavy atom. The Balaban J connectivity index is 1.02. The van der Waals surface area contributed by atoms with Crippen molar-refractivity contribution in [3.8, 4) is 0 Å². The molecule has 4 amide bonds. The molecule has 3 heterocycles. The number of hydrogen-bond donors (Lipinski definition) is 2. The van der Waals surface area contributed by atoms with Crippen LogP contribution < -0.4 is 10.6 Å². The summed E-state index contributed by atoms with van der Waals surface area (Å²) in [6, 6.07) is 8.54. The monoisotopic (exact) mass is 580 g/mol. The number of carbonyl (C=O) groups excluding carboxylic acids is 3. The molecule has 42 heavy (non-hydrogen) atoms. The van der Waals surface area contributed by atoms with Gasteiger partial charge in [-0.25, -0.2) is 14.0 Å². The van der Waals surface area contributed by atoms with Crippen molar-refractivity contribution in [3.63, 3.8) is 0 Å². The van der Waals surface area contributed by atoms with E-state index in [1.807, 2.05) is 32.9 Å². The average Bonchev–Trinajstić information content (AvgIpc) is 3.78. The lowest BCUT2D eigenvalue weighted by atomic mass is 10.0. The summed E-state index contributed by atoms with van der Waals surface area (Å²) in [5, 5.41) is 5.65.